The Morgan fingerprint density at radius 2 is 1.96 bits per heavy atom. The third-order valence-electron chi connectivity index (χ3n) is 3.82. The lowest BCUT2D eigenvalue weighted by Gasteiger charge is -2.10. The number of Topliss-reactive ketones (excluding diaryl/α,β-unsaturated/α-hetero) is 1. The first-order chi connectivity index (χ1) is 12.4. The van der Waals surface area contributed by atoms with Gasteiger partial charge in [-0.1, -0.05) is 18.2 Å². The maximum absolute atomic E-state index is 12.5. The van der Waals surface area contributed by atoms with Gasteiger partial charge in [-0.05, 0) is 31.2 Å². The molecule has 0 bridgehead atoms. The fraction of sp³-hybridized carbons (Fsp3) is 0.211. The predicted octanol–water partition coefficient (Wildman–Crippen LogP) is 3.29. The third kappa shape index (κ3) is 4.00. The molecule has 3 rings (SSSR count). The van der Waals surface area contributed by atoms with Crippen LogP contribution in [-0.4, -0.2) is 28.7 Å². The largest absolute Gasteiger partial charge is 0.450 e. The lowest BCUT2D eigenvalue weighted by atomic mass is 10.2. The number of ether oxygens (including phenoxy) is 1. The molecule has 3 aromatic rings. The molecule has 26 heavy (non-hydrogen) atoms. The first-order valence-electron chi connectivity index (χ1n) is 8.10. The molecule has 134 valence electrons. The smallest absolute Gasteiger partial charge is 0.355 e. The van der Waals surface area contributed by atoms with E-state index in [0.717, 1.165) is 15.8 Å². The number of ketones is 1. The fourth-order valence-corrected chi connectivity index (χ4v) is 3.44. The zero-order valence-electron chi connectivity index (χ0n) is 14.4. The van der Waals surface area contributed by atoms with Crippen LogP contribution in [-0.2, 0) is 16.1 Å². The first kappa shape index (κ1) is 17.9. The second-order valence-electron chi connectivity index (χ2n) is 5.86. The number of aromatic nitrogens is 1. The second kappa shape index (κ2) is 7.53. The van der Waals surface area contributed by atoms with Crippen LogP contribution in [0.25, 0.3) is 10.9 Å². The molecule has 0 saturated carbocycles. The highest BCUT2D eigenvalue weighted by Gasteiger charge is 2.22. The summed E-state index contributed by atoms with van der Waals surface area (Å²) in [6.45, 7) is 3.36. The number of hydrogen-bond acceptors (Lipinski definition) is 5. The molecule has 7 heteroatoms. The van der Waals surface area contributed by atoms with Gasteiger partial charge >= 0.3 is 5.97 Å². The minimum absolute atomic E-state index is 0.132. The summed E-state index contributed by atoms with van der Waals surface area (Å²) in [5.41, 5.74) is 1.14. The molecule has 0 aliphatic carbocycles. The van der Waals surface area contributed by atoms with Crippen LogP contribution in [0.5, 0.6) is 0 Å². The van der Waals surface area contributed by atoms with Crippen LogP contribution in [0.4, 0.5) is 0 Å². The van der Waals surface area contributed by atoms with Crippen molar-refractivity contribution >= 4 is 39.9 Å². The molecule has 2 N–H and O–H groups in total. The Kier molecular flexibility index (Phi) is 5.18. The fourth-order valence-electron chi connectivity index (χ4n) is 2.48. The quantitative estimate of drug-likeness (QED) is 0.515. The van der Waals surface area contributed by atoms with Crippen LogP contribution in [0.1, 0.15) is 38.9 Å². The zero-order chi connectivity index (χ0) is 18.7. The predicted molar refractivity (Wildman–Crippen MR) is 99.3 cm³/mol. The van der Waals surface area contributed by atoms with Crippen molar-refractivity contribution in [1.29, 1.82) is 0 Å². The van der Waals surface area contributed by atoms with E-state index in [9.17, 15) is 14.4 Å². The normalized spacial score (nSPS) is 11.9. The number of carbonyl (C=O) groups excluding carboxylic acids is 3. The van der Waals surface area contributed by atoms with Gasteiger partial charge in [-0.3, -0.25) is 9.59 Å². The van der Waals surface area contributed by atoms with E-state index < -0.39 is 12.1 Å². The van der Waals surface area contributed by atoms with E-state index in [-0.39, 0.29) is 11.7 Å². The van der Waals surface area contributed by atoms with Crippen LogP contribution >= 0.6 is 11.3 Å². The summed E-state index contributed by atoms with van der Waals surface area (Å²) in [6.07, 6.45) is -0.902. The number of thiophene rings is 1. The van der Waals surface area contributed by atoms with E-state index in [0.29, 0.717) is 17.1 Å². The number of fused-ring (bicyclic) bond motifs is 1. The van der Waals surface area contributed by atoms with E-state index >= 15 is 0 Å². The number of rotatable bonds is 6. The Bertz CT molecular complexity index is 940. The molecular weight excluding hydrogens is 352 g/mol. The van der Waals surface area contributed by atoms with Gasteiger partial charge < -0.3 is 15.0 Å². The van der Waals surface area contributed by atoms with Crippen molar-refractivity contribution in [2.45, 2.75) is 26.5 Å². The summed E-state index contributed by atoms with van der Waals surface area (Å²) in [5, 5.41) is 3.58. The average Bonchev–Trinajstić information content (AvgIpc) is 3.25. The number of nitrogens with one attached hydrogen (secondary N) is 2. The van der Waals surface area contributed by atoms with Crippen LogP contribution in [0.2, 0.25) is 0 Å². The lowest BCUT2D eigenvalue weighted by molar-refractivity contribution is -0.119. The molecule has 6 nitrogen and oxygen atoms in total. The second-order valence-corrected chi connectivity index (χ2v) is 7.03. The summed E-state index contributed by atoms with van der Waals surface area (Å²) in [7, 11) is 0. The molecule has 0 spiro atoms. The molecule has 2 aromatic heterocycles. The molecule has 0 radical (unpaired) electrons. The topological polar surface area (TPSA) is 88.3 Å². The highest BCUT2D eigenvalue weighted by molar-refractivity contribution is 7.14. The third-order valence-corrected chi connectivity index (χ3v) is 4.92. The number of benzene rings is 1. The standard InChI is InChI=1S/C19H18N2O4S/c1-11(18(23)17-8-7-14(26-17)10-20-12(2)22)25-19(24)16-9-13-5-3-4-6-15(13)21-16/h3-9,11,21H,10H2,1-2H3,(H,20,22)/t11-/m1/s1. The van der Waals surface area contributed by atoms with Crippen molar-refractivity contribution < 1.29 is 19.1 Å². The van der Waals surface area contributed by atoms with Gasteiger partial charge in [-0.15, -0.1) is 11.3 Å². The minimum Gasteiger partial charge on any atom is -0.450 e. The van der Waals surface area contributed by atoms with Crippen LogP contribution < -0.4 is 5.32 Å². The Labute approximate surface area is 154 Å². The number of amides is 1. The number of carbonyl (C=O) groups is 3. The maximum Gasteiger partial charge on any atom is 0.355 e. The molecule has 1 atom stereocenters. The zero-order valence-corrected chi connectivity index (χ0v) is 15.2. The SMILES string of the molecule is CC(=O)NCc1ccc(C(=O)[C@@H](C)OC(=O)c2cc3ccccc3[nH]2)s1. The van der Waals surface area contributed by atoms with Crippen molar-refractivity contribution in [2.24, 2.45) is 0 Å². The van der Waals surface area contributed by atoms with Gasteiger partial charge in [0, 0.05) is 22.7 Å². The molecule has 1 amide bonds. The van der Waals surface area contributed by atoms with Gasteiger partial charge in [0.2, 0.25) is 11.7 Å². The van der Waals surface area contributed by atoms with Gasteiger partial charge in [0.15, 0.2) is 6.10 Å². The van der Waals surface area contributed by atoms with Gasteiger partial charge in [0.05, 0.1) is 11.4 Å². The summed E-state index contributed by atoms with van der Waals surface area (Å²) in [5.74, 6) is -0.975. The minimum atomic E-state index is -0.902. The van der Waals surface area contributed by atoms with E-state index in [1.54, 1.807) is 25.1 Å². The number of esters is 1. The molecule has 0 unspecified atom stereocenters. The molecule has 2 heterocycles. The van der Waals surface area contributed by atoms with Crippen LogP contribution in [0, 0.1) is 0 Å². The van der Waals surface area contributed by atoms with Crippen LogP contribution in [0.15, 0.2) is 42.5 Å². The summed E-state index contributed by atoms with van der Waals surface area (Å²) in [6, 6.07) is 12.7. The van der Waals surface area contributed by atoms with Crippen LogP contribution in [0.3, 0.4) is 0 Å². The van der Waals surface area contributed by atoms with Gasteiger partial charge in [0.1, 0.15) is 5.69 Å². The van der Waals surface area contributed by atoms with Crippen molar-refractivity contribution in [3.8, 4) is 0 Å². The van der Waals surface area contributed by atoms with E-state index in [4.69, 9.17) is 4.74 Å². The number of H-pyrrole nitrogens is 1. The first-order valence-corrected chi connectivity index (χ1v) is 8.92. The Hall–Kier alpha value is -2.93. The van der Waals surface area contributed by atoms with Crippen molar-refractivity contribution in [2.75, 3.05) is 0 Å². The number of aromatic amines is 1. The Morgan fingerprint density at radius 1 is 1.19 bits per heavy atom. The molecule has 0 saturated heterocycles. The van der Waals surface area contributed by atoms with E-state index in [1.165, 1.54) is 18.3 Å². The average molecular weight is 370 g/mol. The van der Waals surface area contributed by atoms with Gasteiger partial charge in [-0.2, -0.15) is 0 Å². The molecule has 1 aromatic carbocycles. The van der Waals surface area contributed by atoms with Crippen molar-refractivity contribution in [3.05, 3.63) is 57.9 Å². The Balaban J connectivity index is 1.65. The summed E-state index contributed by atoms with van der Waals surface area (Å²) < 4.78 is 5.31. The molecule has 0 aliphatic rings. The highest BCUT2D eigenvalue weighted by atomic mass is 32.1. The Morgan fingerprint density at radius 3 is 2.69 bits per heavy atom. The van der Waals surface area contributed by atoms with Gasteiger partial charge in [-0.25, -0.2) is 4.79 Å². The van der Waals surface area contributed by atoms with E-state index in [2.05, 4.69) is 10.3 Å². The lowest BCUT2D eigenvalue weighted by Crippen LogP contribution is -2.24. The molecular formula is C19H18N2O4S. The highest BCUT2D eigenvalue weighted by Crippen LogP contribution is 2.20. The molecule has 0 aliphatic heterocycles. The van der Waals surface area contributed by atoms with Gasteiger partial charge in [0.25, 0.3) is 0 Å². The summed E-state index contributed by atoms with van der Waals surface area (Å²) >= 11 is 1.27. The summed E-state index contributed by atoms with van der Waals surface area (Å²) in [4.78, 5) is 40.1. The van der Waals surface area contributed by atoms with E-state index in [1.807, 2.05) is 24.3 Å². The monoisotopic (exact) mass is 370 g/mol. The van der Waals surface area contributed by atoms with Crippen molar-refractivity contribution in [3.63, 3.8) is 0 Å². The van der Waals surface area contributed by atoms with Crippen molar-refractivity contribution in [1.82, 2.24) is 10.3 Å². The molecule has 0 fully saturated rings. The maximum atomic E-state index is 12.5. The number of para-hydroxylation sites is 1. The number of hydrogen-bond donors (Lipinski definition) is 2.